The Balaban J connectivity index is 1.93. The summed E-state index contributed by atoms with van der Waals surface area (Å²) >= 11 is 1.73. The minimum Gasteiger partial charge on any atom is -0.397 e. The summed E-state index contributed by atoms with van der Waals surface area (Å²) in [7, 11) is -3.22. The molecule has 1 fully saturated rings. The molecule has 2 aromatic rings. The van der Waals surface area contributed by atoms with E-state index in [1.54, 1.807) is 23.5 Å². The highest BCUT2D eigenvalue weighted by molar-refractivity contribution is 7.90. The molecule has 3 rings (SSSR count). The van der Waals surface area contributed by atoms with Crippen LogP contribution >= 0.6 is 11.3 Å². The first-order valence-electron chi connectivity index (χ1n) is 6.84. The largest absolute Gasteiger partial charge is 0.397 e. The quantitative estimate of drug-likeness (QED) is 0.860. The fourth-order valence-electron chi connectivity index (χ4n) is 2.39. The summed E-state index contributed by atoms with van der Waals surface area (Å²) in [6.07, 6.45) is 3.53. The van der Waals surface area contributed by atoms with Crippen molar-refractivity contribution >= 4 is 32.5 Å². The van der Waals surface area contributed by atoms with Crippen molar-refractivity contribution < 1.29 is 8.42 Å². The normalized spacial score (nSPS) is 15.1. The van der Waals surface area contributed by atoms with Crippen LogP contribution in [-0.4, -0.2) is 20.7 Å². The van der Waals surface area contributed by atoms with Crippen LogP contribution in [0.1, 0.15) is 17.7 Å². The van der Waals surface area contributed by atoms with Gasteiger partial charge in [-0.05, 0) is 42.5 Å². The summed E-state index contributed by atoms with van der Waals surface area (Å²) in [4.78, 5) is 3.84. The third kappa shape index (κ3) is 3.22. The second-order valence-corrected chi connectivity index (χ2v) is 8.48. The third-order valence-electron chi connectivity index (χ3n) is 3.63. The van der Waals surface area contributed by atoms with Crippen molar-refractivity contribution in [3.8, 4) is 0 Å². The molecule has 1 aliphatic rings. The van der Waals surface area contributed by atoms with E-state index in [2.05, 4.69) is 16.3 Å². The predicted octanol–water partition coefficient (Wildman–Crippen LogP) is 2.90. The Morgan fingerprint density at radius 3 is 2.62 bits per heavy atom. The van der Waals surface area contributed by atoms with Gasteiger partial charge in [-0.2, -0.15) is 0 Å². The topological polar surface area (TPSA) is 63.4 Å². The van der Waals surface area contributed by atoms with E-state index in [4.69, 9.17) is 5.73 Å². The average molecular weight is 322 g/mol. The average Bonchev–Trinajstić information content (AvgIpc) is 3.13. The van der Waals surface area contributed by atoms with Gasteiger partial charge in [0, 0.05) is 17.2 Å². The van der Waals surface area contributed by atoms with Crippen molar-refractivity contribution in [2.75, 3.05) is 16.9 Å². The van der Waals surface area contributed by atoms with Crippen LogP contribution in [0.4, 0.5) is 11.4 Å². The maximum atomic E-state index is 11.6. The van der Waals surface area contributed by atoms with Gasteiger partial charge in [0.25, 0.3) is 0 Å². The molecule has 0 radical (unpaired) electrons. The Morgan fingerprint density at radius 1 is 1.33 bits per heavy atom. The lowest BCUT2D eigenvalue weighted by Crippen LogP contribution is -2.25. The zero-order valence-corrected chi connectivity index (χ0v) is 13.5. The van der Waals surface area contributed by atoms with E-state index in [1.807, 2.05) is 12.1 Å². The Labute approximate surface area is 129 Å². The van der Waals surface area contributed by atoms with Crippen molar-refractivity contribution in [2.45, 2.75) is 30.3 Å². The monoisotopic (exact) mass is 322 g/mol. The highest BCUT2D eigenvalue weighted by Gasteiger charge is 2.30. The fourth-order valence-corrected chi connectivity index (χ4v) is 3.75. The molecular weight excluding hydrogens is 304 g/mol. The second kappa shape index (κ2) is 5.35. The molecule has 1 aromatic carbocycles. The fraction of sp³-hybridized carbons (Fsp3) is 0.333. The van der Waals surface area contributed by atoms with Gasteiger partial charge >= 0.3 is 0 Å². The van der Waals surface area contributed by atoms with E-state index in [1.165, 1.54) is 24.0 Å². The molecule has 1 aromatic heterocycles. The zero-order chi connectivity index (χ0) is 15.0. The van der Waals surface area contributed by atoms with Crippen LogP contribution in [0.5, 0.6) is 0 Å². The number of nitrogens with two attached hydrogens (primary N) is 1. The standard InChI is InChI=1S/C15H18N2O2S2/c1-21(18,19)13-6-7-15(14(16)9-13)17(11-4-5-11)10-12-3-2-8-20-12/h2-3,6-9,11H,4-5,10,16H2,1H3. The van der Waals surface area contributed by atoms with Crippen molar-refractivity contribution in [3.05, 3.63) is 40.6 Å². The Kier molecular flexibility index (Phi) is 3.67. The van der Waals surface area contributed by atoms with E-state index >= 15 is 0 Å². The van der Waals surface area contributed by atoms with Gasteiger partial charge in [0.2, 0.25) is 0 Å². The molecule has 0 saturated heterocycles. The molecule has 0 aliphatic heterocycles. The first kappa shape index (κ1) is 14.4. The highest BCUT2D eigenvalue weighted by atomic mass is 32.2. The SMILES string of the molecule is CS(=O)(=O)c1ccc(N(Cc2cccs2)C2CC2)c(N)c1. The van der Waals surface area contributed by atoms with Crippen LogP contribution in [0.15, 0.2) is 40.6 Å². The third-order valence-corrected chi connectivity index (χ3v) is 5.60. The van der Waals surface area contributed by atoms with Gasteiger partial charge in [-0.1, -0.05) is 6.07 Å². The van der Waals surface area contributed by atoms with Crippen LogP contribution in [0, 0.1) is 0 Å². The lowest BCUT2D eigenvalue weighted by molar-refractivity contribution is 0.602. The van der Waals surface area contributed by atoms with Gasteiger partial charge in [-0.15, -0.1) is 11.3 Å². The van der Waals surface area contributed by atoms with Gasteiger partial charge in [0.1, 0.15) is 0 Å². The van der Waals surface area contributed by atoms with Gasteiger partial charge in [0.15, 0.2) is 9.84 Å². The smallest absolute Gasteiger partial charge is 0.175 e. The predicted molar refractivity (Wildman–Crippen MR) is 87.5 cm³/mol. The maximum Gasteiger partial charge on any atom is 0.175 e. The van der Waals surface area contributed by atoms with Crippen LogP contribution < -0.4 is 10.6 Å². The molecule has 0 unspecified atom stereocenters. The molecule has 0 amide bonds. The van der Waals surface area contributed by atoms with E-state index in [9.17, 15) is 8.42 Å². The Morgan fingerprint density at radius 2 is 2.10 bits per heavy atom. The summed E-state index contributed by atoms with van der Waals surface area (Å²) in [5.74, 6) is 0. The molecule has 2 N–H and O–H groups in total. The van der Waals surface area contributed by atoms with E-state index in [-0.39, 0.29) is 4.90 Å². The number of benzene rings is 1. The first-order chi connectivity index (χ1) is 9.95. The molecule has 1 heterocycles. The van der Waals surface area contributed by atoms with Crippen molar-refractivity contribution in [3.63, 3.8) is 0 Å². The van der Waals surface area contributed by atoms with Gasteiger partial charge < -0.3 is 10.6 Å². The van der Waals surface area contributed by atoms with E-state index < -0.39 is 9.84 Å². The molecule has 0 atom stereocenters. The first-order valence-corrected chi connectivity index (χ1v) is 9.61. The number of anilines is 2. The van der Waals surface area contributed by atoms with Crippen LogP contribution in [0.25, 0.3) is 0 Å². The number of hydrogen-bond donors (Lipinski definition) is 1. The Hall–Kier alpha value is -1.53. The summed E-state index contributed by atoms with van der Waals surface area (Å²) in [5.41, 5.74) is 7.57. The molecule has 4 nitrogen and oxygen atoms in total. The summed E-state index contributed by atoms with van der Waals surface area (Å²) in [5, 5.41) is 2.07. The number of nitrogen functional groups attached to an aromatic ring is 1. The molecule has 0 bridgehead atoms. The number of thiophene rings is 1. The minimum absolute atomic E-state index is 0.274. The van der Waals surface area contributed by atoms with Crippen molar-refractivity contribution in [1.29, 1.82) is 0 Å². The second-order valence-electron chi connectivity index (χ2n) is 5.43. The molecule has 6 heteroatoms. The molecule has 0 spiro atoms. The van der Waals surface area contributed by atoms with Crippen molar-refractivity contribution in [2.24, 2.45) is 0 Å². The highest BCUT2D eigenvalue weighted by Crippen LogP contribution is 2.37. The zero-order valence-electron chi connectivity index (χ0n) is 11.8. The minimum atomic E-state index is -3.22. The van der Waals surface area contributed by atoms with Crippen molar-refractivity contribution in [1.82, 2.24) is 0 Å². The number of nitrogens with zero attached hydrogens (tertiary/aromatic N) is 1. The summed E-state index contributed by atoms with van der Waals surface area (Å²) < 4.78 is 23.2. The van der Waals surface area contributed by atoms with Gasteiger partial charge in [-0.3, -0.25) is 0 Å². The number of sulfone groups is 1. The van der Waals surface area contributed by atoms with Crippen LogP contribution in [0.2, 0.25) is 0 Å². The van der Waals surface area contributed by atoms with E-state index in [0.29, 0.717) is 11.7 Å². The number of rotatable bonds is 5. The summed E-state index contributed by atoms with van der Waals surface area (Å²) in [6, 6.07) is 9.71. The lowest BCUT2D eigenvalue weighted by Gasteiger charge is -2.26. The number of hydrogen-bond acceptors (Lipinski definition) is 5. The maximum absolute atomic E-state index is 11.6. The lowest BCUT2D eigenvalue weighted by atomic mass is 10.2. The molecule has 112 valence electrons. The van der Waals surface area contributed by atoms with Gasteiger partial charge in [-0.25, -0.2) is 8.42 Å². The molecule has 21 heavy (non-hydrogen) atoms. The molecule has 1 saturated carbocycles. The summed E-state index contributed by atoms with van der Waals surface area (Å²) in [6.45, 7) is 0.824. The van der Waals surface area contributed by atoms with Crippen LogP contribution in [-0.2, 0) is 16.4 Å². The van der Waals surface area contributed by atoms with Gasteiger partial charge in [0.05, 0.1) is 22.8 Å². The van der Waals surface area contributed by atoms with Crippen LogP contribution in [0.3, 0.4) is 0 Å². The molecule has 1 aliphatic carbocycles. The van der Waals surface area contributed by atoms with E-state index in [0.717, 1.165) is 12.2 Å². The Bertz CT molecular complexity index is 735. The molecular formula is C15H18N2O2S2.